The van der Waals surface area contributed by atoms with Gasteiger partial charge in [-0.05, 0) is 78.1 Å². The number of aliphatic hydroxyl groups excluding tert-OH is 2. The fourth-order valence-electron chi connectivity index (χ4n) is 8.67. The lowest BCUT2D eigenvalue weighted by atomic mass is 9.57. The largest absolute Gasteiger partial charge is 0.407 e. The zero-order chi connectivity index (χ0) is 31.6. The van der Waals surface area contributed by atoms with Crippen molar-refractivity contribution in [2.24, 2.45) is 23.2 Å². The van der Waals surface area contributed by atoms with Gasteiger partial charge < -0.3 is 33.6 Å². The molecule has 44 heavy (non-hydrogen) atoms. The van der Waals surface area contributed by atoms with Crippen molar-refractivity contribution < 1.29 is 33.6 Å². The van der Waals surface area contributed by atoms with Crippen molar-refractivity contribution in [2.75, 3.05) is 47.6 Å². The smallest absolute Gasteiger partial charge is 0.261 e. The standard InChI is InChI=1S/C36H56O7Si/c1-35(2,3)44(30-14-8-6-9-15-30,31-16-10-7-11-17-31)43-21-12-18-32-33(38)24-29-22-28(25-41-26-39-4)23-34(42-27-40-5)36(29,32)19-13-20-37/h6-11,14-17,28-29,32-34,37-38H,12-13,18-27H2,1-5H3/t28?,29-,32+,33-,34?,36?/m0/s1. The van der Waals surface area contributed by atoms with Crippen LogP contribution < -0.4 is 10.4 Å². The summed E-state index contributed by atoms with van der Waals surface area (Å²) in [5.41, 5.74) is -0.226. The predicted molar refractivity (Wildman–Crippen MR) is 176 cm³/mol. The molecule has 0 spiro atoms. The average molecular weight is 629 g/mol. The van der Waals surface area contributed by atoms with Crippen molar-refractivity contribution in [1.82, 2.24) is 0 Å². The lowest BCUT2D eigenvalue weighted by Crippen LogP contribution is -2.66. The topological polar surface area (TPSA) is 86.6 Å². The Morgan fingerprint density at radius 1 is 0.864 bits per heavy atom. The van der Waals surface area contributed by atoms with Crippen molar-refractivity contribution in [2.45, 2.75) is 83.0 Å². The molecule has 2 aromatic carbocycles. The number of benzene rings is 2. The summed E-state index contributed by atoms with van der Waals surface area (Å²) >= 11 is 0. The number of methoxy groups -OCH3 is 2. The third-order valence-electron chi connectivity index (χ3n) is 10.3. The molecule has 2 aliphatic carbocycles. The number of rotatable bonds is 17. The van der Waals surface area contributed by atoms with Crippen molar-refractivity contribution in [3.8, 4) is 0 Å². The van der Waals surface area contributed by atoms with E-state index in [1.165, 1.54) is 10.4 Å². The summed E-state index contributed by atoms with van der Waals surface area (Å²) in [6.45, 7) is 8.77. The van der Waals surface area contributed by atoms with E-state index in [0.717, 1.165) is 38.5 Å². The Balaban J connectivity index is 1.57. The molecule has 2 aromatic rings. The molecule has 0 radical (unpaired) electrons. The monoisotopic (exact) mass is 628 g/mol. The lowest BCUT2D eigenvalue weighted by molar-refractivity contribution is -0.180. The fraction of sp³-hybridized carbons (Fsp3) is 0.667. The quantitative estimate of drug-likeness (QED) is 0.143. The third-order valence-corrected chi connectivity index (χ3v) is 15.4. The van der Waals surface area contributed by atoms with Crippen LogP contribution in [-0.2, 0) is 23.4 Å². The van der Waals surface area contributed by atoms with Crippen LogP contribution in [0.25, 0.3) is 0 Å². The van der Waals surface area contributed by atoms with E-state index >= 15 is 0 Å². The van der Waals surface area contributed by atoms with E-state index < -0.39 is 14.4 Å². The van der Waals surface area contributed by atoms with Crippen LogP contribution in [0.3, 0.4) is 0 Å². The molecule has 8 heteroatoms. The highest BCUT2D eigenvalue weighted by atomic mass is 28.4. The number of hydrogen-bond donors (Lipinski definition) is 2. The summed E-state index contributed by atoms with van der Waals surface area (Å²) in [5, 5.41) is 24.1. The second-order valence-corrected chi connectivity index (χ2v) is 18.2. The maximum atomic E-state index is 11.6. The van der Waals surface area contributed by atoms with Gasteiger partial charge in [0.1, 0.15) is 13.6 Å². The van der Waals surface area contributed by atoms with Crippen LogP contribution in [0, 0.1) is 23.2 Å². The maximum Gasteiger partial charge on any atom is 0.261 e. The molecular weight excluding hydrogens is 572 g/mol. The van der Waals surface area contributed by atoms with E-state index in [4.69, 9.17) is 23.4 Å². The molecule has 0 bridgehead atoms. The molecular formula is C36H56O7Si. The van der Waals surface area contributed by atoms with Crippen LogP contribution in [0.5, 0.6) is 0 Å². The second-order valence-electron chi connectivity index (χ2n) is 13.9. The van der Waals surface area contributed by atoms with Gasteiger partial charge in [0.25, 0.3) is 8.32 Å². The normalized spacial score (nSPS) is 27.4. The molecule has 0 aliphatic heterocycles. The van der Waals surface area contributed by atoms with Crippen LogP contribution in [-0.4, -0.2) is 78.4 Å². The van der Waals surface area contributed by atoms with Gasteiger partial charge in [-0.15, -0.1) is 0 Å². The third kappa shape index (κ3) is 7.50. The van der Waals surface area contributed by atoms with Gasteiger partial charge in [-0.1, -0.05) is 81.4 Å². The number of ether oxygens (including phenoxy) is 4. The lowest BCUT2D eigenvalue weighted by Gasteiger charge is -2.51. The maximum absolute atomic E-state index is 11.6. The molecule has 246 valence electrons. The second kappa shape index (κ2) is 16.3. The summed E-state index contributed by atoms with van der Waals surface area (Å²) in [5.74, 6) is 0.673. The molecule has 4 rings (SSSR count). The summed E-state index contributed by atoms with van der Waals surface area (Å²) < 4.78 is 30.0. The zero-order valence-corrected chi connectivity index (χ0v) is 28.6. The molecule has 6 atom stereocenters. The Morgan fingerprint density at radius 3 is 2.07 bits per heavy atom. The summed E-state index contributed by atoms with van der Waals surface area (Å²) in [6.07, 6.45) is 5.28. The highest BCUT2D eigenvalue weighted by molar-refractivity contribution is 6.99. The molecule has 7 nitrogen and oxygen atoms in total. The van der Waals surface area contributed by atoms with E-state index in [0.29, 0.717) is 31.5 Å². The van der Waals surface area contributed by atoms with Crippen LogP contribution in [0.4, 0.5) is 0 Å². The van der Waals surface area contributed by atoms with E-state index in [2.05, 4.69) is 81.4 Å². The van der Waals surface area contributed by atoms with Crippen LogP contribution in [0.1, 0.15) is 65.7 Å². The summed E-state index contributed by atoms with van der Waals surface area (Å²) in [6, 6.07) is 21.5. The first kappa shape index (κ1) is 35.2. The predicted octanol–water partition coefficient (Wildman–Crippen LogP) is 5.12. The Hall–Kier alpha value is -1.62. The van der Waals surface area contributed by atoms with Crippen LogP contribution >= 0.6 is 0 Å². The molecule has 3 unspecified atom stereocenters. The molecule has 0 saturated heterocycles. The number of hydrogen-bond acceptors (Lipinski definition) is 7. The van der Waals surface area contributed by atoms with Gasteiger partial charge in [-0.25, -0.2) is 0 Å². The molecule has 2 saturated carbocycles. The number of fused-ring (bicyclic) bond motifs is 1. The Labute approximate surface area is 266 Å². The van der Waals surface area contributed by atoms with Gasteiger partial charge in [-0.3, -0.25) is 0 Å². The van der Waals surface area contributed by atoms with Gasteiger partial charge in [0.15, 0.2) is 0 Å². The minimum absolute atomic E-state index is 0.0597. The van der Waals surface area contributed by atoms with E-state index in [9.17, 15) is 10.2 Å². The minimum atomic E-state index is -2.63. The average Bonchev–Trinajstić information content (AvgIpc) is 3.29. The molecule has 0 heterocycles. The Kier molecular flexibility index (Phi) is 13.0. The first-order chi connectivity index (χ1) is 21.2. The summed E-state index contributed by atoms with van der Waals surface area (Å²) in [4.78, 5) is 0. The molecule has 2 fully saturated rings. The molecule has 0 aromatic heterocycles. The molecule has 0 amide bonds. The highest BCUT2D eigenvalue weighted by Crippen LogP contribution is 2.61. The van der Waals surface area contributed by atoms with Crippen LogP contribution in [0.2, 0.25) is 5.04 Å². The number of aliphatic hydroxyl groups is 2. The van der Waals surface area contributed by atoms with Crippen molar-refractivity contribution >= 4 is 18.7 Å². The first-order valence-corrected chi connectivity index (χ1v) is 18.4. The first-order valence-electron chi connectivity index (χ1n) is 16.5. The SMILES string of the molecule is COCOCC1CC(OCOC)C2(CCCO)[C@@H](C1)C[C@H](O)[C@H]2CCCO[Si](c1ccccc1)(c1ccccc1)C(C)(C)C. The van der Waals surface area contributed by atoms with Crippen LogP contribution in [0.15, 0.2) is 60.7 Å². The minimum Gasteiger partial charge on any atom is -0.407 e. The molecule has 2 N–H and O–H groups in total. The van der Waals surface area contributed by atoms with E-state index in [1.54, 1.807) is 14.2 Å². The van der Waals surface area contributed by atoms with E-state index in [1.807, 2.05) is 0 Å². The zero-order valence-electron chi connectivity index (χ0n) is 27.6. The van der Waals surface area contributed by atoms with Crippen molar-refractivity contribution in [3.05, 3.63) is 60.7 Å². The highest BCUT2D eigenvalue weighted by Gasteiger charge is 2.60. The Morgan fingerprint density at radius 2 is 1.50 bits per heavy atom. The van der Waals surface area contributed by atoms with Gasteiger partial charge >= 0.3 is 0 Å². The van der Waals surface area contributed by atoms with E-state index in [-0.39, 0.29) is 42.7 Å². The van der Waals surface area contributed by atoms with Gasteiger partial charge in [0.05, 0.1) is 18.8 Å². The summed E-state index contributed by atoms with van der Waals surface area (Å²) in [7, 11) is 0.661. The van der Waals surface area contributed by atoms with Gasteiger partial charge in [0.2, 0.25) is 0 Å². The van der Waals surface area contributed by atoms with Gasteiger partial charge in [0, 0.05) is 32.8 Å². The fourth-order valence-corrected chi connectivity index (χ4v) is 13.3. The Bertz CT molecular complexity index is 1060. The van der Waals surface area contributed by atoms with Gasteiger partial charge in [-0.2, -0.15) is 0 Å². The molecule has 2 aliphatic rings. The van der Waals surface area contributed by atoms with Crippen molar-refractivity contribution in [3.63, 3.8) is 0 Å². The van der Waals surface area contributed by atoms with Crippen molar-refractivity contribution in [1.29, 1.82) is 0 Å².